The van der Waals surface area contributed by atoms with Crippen molar-refractivity contribution in [1.29, 1.82) is 0 Å². The fourth-order valence-electron chi connectivity index (χ4n) is 2.59. The summed E-state index contributed by atoms with van der Waals surface area (Å²) in [5, 5.41) is 9.11. The van der Waals surface area contributed by atoms with E-state index >= 15 is 0 Å². The number of fused-ring (bicyclic) bond motifs is 2. The molecule has 2 aromatic carbocycles. The van der Waals surface area contributed by atoms with Crippen LogP contribution in [0.3, 0.4) is 0 Å². The number of ketones is 2. The average Bonchev–Trinajstić information content (AvgIpc) is 2.50. The maximum atomic E-state index is 12.6. The van der Waals surface area contributed by atoms with Gasteiger partial charge in [-0.25, -0.2) is 4.79 Å². The first-order valence-corrected chi connectivity index (χ1v) is 7.73. The Morgan fingerprint density at radius 3 is 1.92 bits per heavy atom. The second-order valence-corrected chi connectivity index (χ2v) is 6.21. The summed E-state index contributed by atoms with van der Waals surface area (Å²) < 4.78 is 32.6. The molecule has 0 saturated heterocycles. The van der Waals surface area contributed by atoms with Gasteiger partial charge in [0.25, 0.3) is 10.1 Å². The van der Waals surface area contributed by atoms with E-state index in [-0.39, 0.29) is 46.2 Å². The fraction of sp³-hybridized carbons (Fsp3) is 0. The molecule has 7 nitrogen and oxygen atoms in total. The van der Waals surface area contributed by atoms with Crippen molar-refractivity contribution < 1.29 is 32.5 Å². The number of carboxylic acid groups (broad SMARTS) is 1. The van der Waals surface area contributed by atoms with E-state index in [1.165, 1.54) is 18.2 Å². The third-order valence-corrected chi connectivity index (χ3v) is 4.47. The van der Waals surface area contributed by atoms with E-state index in [9.17, 15) is 27.4 Å². The molecular formula is C15H9NaO7S. The van der Waals surface area contributed by atoms with E-state index in [0.29, 0.717) is 0 Å². The summed E-state index contributed by atoms with van der Waals surface area (Å²) in [5.74, 6) is -3.08. The van der Waals surface area contributed by atoms with E-state index in [4.69, 9.17) is 5.11 Å². The van der Waals surface area contributed by atoms with Crippen molar-refractivity contribution in [2.24, 2.45) is 0 Å². The normalized spacial score (nSPS) is 12.9. The Kier molecular flexibility index (Phi) is 4.80. The number of aromatic carboxylic acids is 1. The van der Waals surface area contributed by atoms with Crippen LogP contribution in [0.5, 0.6) is 0 Å². The van der Waals surface area contributed by atoms with Gasteiger partial charge in [0.2, 0.25) is 0 Å². The second kappa shape index (κ2) is 6.23. The molecule has 1 aliphatic carbocycles. The van der Waals surface area contributed by atoms with E-state index in [0.717, 1.165) is 12.1 Å². The van der Waals surface area contributed by atoms with Crippen LogP contribution in [0.2, 0.25) is 0 Å². The van der Waals surface area contributed by atoms with Crippen LogP contribution in [-0.2, 0) is 10.1 Å². The molecule has 0 fully saturated rings. The molecule has 24 heavy (non-hydrogen) atoms. The van der Waals surface area contributed by atoms with Gasteiger partial charge in [-0.15, -0.1) is 0 Å². The van der Waals surface area contributed by atoms with E-state index in [1.807, 2.05) is 0 Å². The van der Waals surface area contributed by atoms with Crippen LogP contribution < -0.4 is 0 Å². The molecular weight excluding hydrogens is 347 g/mol. The van der Waals surface area contributed by atoms with Gasteiger partial charge in [0.15, 0.2) is 11.6 Å². The van der Waals surface area contributed by atoms with Gasteiger partial charge in [-0.3, -0.25) is 14.1 Å². The number of hydrogen-bond donors (Lipinski definition) is 2. The number of carbonyl (C=O) groups is 3. The SMILES string of the molecule is O=C1c2ccccc2C(=O)c2c1ccc(C(=O)O)c2S(=O)(=O)O.[NaH]. The van der Waals surface area contributed by atoms with E-state index in [1.54, 1.807) is 6.07 Å². The summed E-state index contributed by atoms with van der Waals surface area (Å²) in [5.41, 5.74) is -1.60. The number of benzene rings is 2. The van der Waals surface area contributed by atoms with Crippen LogP contribution in [0, 0.1) is 0 Å². The van der Waals surface area contributed by atoms with Gasteiger partial charge in [-0.05, 0) is 12.1 Å². The third-order valence-electron chi connectivity index (χ3n) is 3.53. The van der Waals surface area contributed by atoms with Crippen LogP contribution in [0.25, 0.3) is 0 Å². The Morgan fingerprint density at radius 2 is 1.42 bits per heavy atom. The Morgan fingerprint density at radius 1 is 0.875 bits per heavy atom. The summed E-state index contributed by atoms with van der Waals surface area (Å²) in [6, 6.07) is 7.73. The molecule has 0 saturated carbocycles. The third kappa shape index (κ3) is 2.72. The standard InChI is InChI=1S/C15H8O7S.Na.H/c16-12-7-3-1-2-4-8(7)13(17)11-9(12)5-6-10(15(18)19)14(11)23(20,21)22;;/h1-6H,(H,18,19)(H,20,21,22);;. The summed E-state index contributed by atoms with van der Waals surface area (Å²) in [6.07, 6.45) is 0. The van der Waals surface area contributed by atoms with Crippen molar-refractivity contribution in [2.75, 3.05) is 0 Å². The molecule has 0 atom stereocenters. The molecule has 118 valence electrons. The summed E-state index contributed by atoms with van der Waals surface area (Å²) in [7, 11) is -5.03. The van der Waals surface area contributed by atoms with Crippen molar-refractivity contribution >= 4 is 57.2 Å². The summed E-state index contributed by atoms with van der Waals surface area (Å²) in [4.78, 5) is 35.2. The zero-order valence-corrected chi connectivity index (χ0v) is 12.1. The van der Waals surface area contributed by atoms with E-state index < -0.39 is 43.7 Å². The molecule has 2 N–H and O–H groups in total. The molecule has 9 heteroatoms. The van der Waals surface area contributed by atoms with Gasteiger partial charge in [-0.2, -0.15) is 8.42 Å². The van der Waals surface area contributed by atoms with Crippen LogP contribution >= 0.6 is 0 Å². The van der Waals surface area contributed by atoms with Crippen molar-refractivity contribution in [3.05, 3.63) is 64.2 Å². The van der Waals surface area contributed by atoms with Crippen LogP contribution in [0.15, 0.2) is 41.3 Å². The molecule has 0 radical (unpaired) electrons. The first-order valence-electron chi connectivity index (χ1n) is 6.29. The van der Waals surface area contributed by atoms with Gasteiger partial charge < -0.3 is 5.11 Å². The summed E-state index contributed by atoms with van der Waals surface area (Å²) >= 11 is 0. The van der Waals surface area contributed by atoms with Gasteiger partial charge in [0.05, 0.1) is 11.1 Å². The Balaban J connectivity index is 0.00000208. The van der Waals surface area contributed by atoms with Gasteiger partial charge in [-0.1, -0.05) is 24.3 Å². The molecule has 0 aliphatic heterocycles. The number of hydrogen-bond acceptors (Lipinski definition) is 5. The zero-order valence-electron chi connectivity index (χ0n) is 11.3. The predicted molar refractivity (Wildman–Crippen MR) is 83.7 cm³/mol. The first kappa shape index (κ1) is 18.5. The Hall–Kier alpha value is -1.84. The topological polar surface area (TPSA) is 126 Å². The van der Waals surface area contributed by atoms with Crippen LogP contribution in [0.4, 0.5) is 0 Å². The Bertz CT molecular complexity index is 1010. The molecule has 0 amide bonds. The quantitative estimate of drug-likeness (QED) is 0.513. The first-order chi connectivity index (χ1) is 10.7. The van der Waals surface area contributed by atoms with Crippen LogP contribution in [-0.4, -0.2) is 65.2 Å². The minimum atomic E-state index is -5.03. The maximum absolute atomic E-state index is 12.6. The molecule has 0 spiro atoms. The van der Waals surface area contributed by atoms with Crippen molar-refractivity contribution in [3.63, 3.8) is 0 Å². The molecule has 0 bridgehead atoms. The Labute approximate surface area is 158 Å². The van der Waals surface area contributed by atoms with Crippen molar-refractivity contribution in [2.45, 2.75) is 4.90 Å². The molecule has 0 unspecified atom stereocenters. The summed E-state index contributed by atoms with van der Waals surface area (Å²) in [6.45, 7) is 0. The number of carbonyl (C=O) groups excluding carboxylic acids is 2. The average molecular weight is 356 g/mol. The molecule has 0 aromatic heterocycles. The second-order valence-electron chi connectivity index (χ2n) is 4.85. The molecule has 2 aromatic rings. The van der Waals surface area contributed by atoms with Crippen molar-refractivity contribution in [3.8, 4) is 0 Å². The van der Waals surface area contributed by atoms with E-state index in [2.05, 4.69) is 0 Å². The van der Waals surface area contributed by atoms with Gasteiger partial charge in [0, 0.05) is 16.7 Å². The number of carboxylic acids is 1. The zero-order chi connectivity index (χ0) is 16.9. The molecule has 3 rings (SSSR count). The van der Waals surface area contributed by atoms with Gasteiger partial charge >= 0.3 is 35.5 Å². The number of rotatable bonds is 2. The van der Waals surface area contributed by atoms with Crippen molar-refractivity contribution in [1.82, 2.24) is 0 Å². The minimum absolute atomic E-state index is 0. The fourth-order valence-corrected chi connectivity index (χ4v) is 3.49. The van der Waals surface area contributed by atoms with Gasteiger partial charge in [0.1, 0.15) is 4.90 Å². The monoisotopic (exact) mass is 356 g/mol. The predicted octanol–water partition coefficient (Wildman–Crippen LogP) is 0.758. The van der Waals surface area contributed by atoms with Crippen LogP contribution in [0.1, 0.15) is 42.2 Å². The molecule has 0 heterocycles. The molecule has 1 aliphatic rings.